The summed E-state index contributed by atoms with van der Waals surface area (Å²) in [4.78, 5) is 155. The monoisotopic (exact) mass is 1190 g/mol. The lowest BCUT2D eigenvalue weighted by molar-refractivity contribution is -0.138. The number of hydrogen-bond acceptors (Lipinski definition) is 16. The van der Waals surface area contributed by atoms with Crippen molar-refractivity contribution in [3.05, 3.63) is 167 Å². The highest BCUT2D eigenvalue weighted by atomic mass is 16.6. The van der Waals surface area contributed by atoms with E-state index in [2.05, 4.69) is 21.3 Å². The lowest BCUT2D eigenvalue weighted by Gasteiger charge is -2.21. The van der Waals surface area contributed by atoms with Crippen LogP contribution in [0, 0.1) is 0 Å². The molecule has 12 amide bonds. The second-order valence-corrected chi connectivity index (χ2v) is 20.3. The number of rotatable bonds is 30. The van der Waals surface area contributed by atoms with E-state index in [-0.39, 0.29) is 71.9 Å². The maximum Gasteiger partial charge on any atom is 0.411 e. The van der Waals surface area contributed by atoms with Crippen molar-refractivity contribution in [2.24, 2.45) is 0 Å². The molecule has 8 rings (SSSR count). The number of carbonyl (C=O) groups is 12. The summed E-state index contributed by atoms with van der Waals surface area (Å²) in [6.45, 7) is 0.527. The van der Waals surface area contributed by atoms with Gasteiger partial charge in [0.2, 0.25) is 0 Å². The van der Waals surface area contributed by atoms with Crippen LogP contribution in [-0.2, 0) is 76.6 Å². The van der Waals surface area contributed by atoms with Gasteiger partial charge in [-0.2, -0.15) is 0 Å². The average molecular weight is 1190 g/mol. The molecule has 24 nitrogen and oxygen atoms in total. The lowest BCUT2D eigenvalue weighted by Crippen LogP contribution is -2.31. The van der Waals surface area contributed by atoms with Gasteiger partial charge in [0, 0.05) is 105 Å². The fourth-order valence-corrected chi connectivity index (χ4v) is 9.75. The predicted octanol–water partition coefficient (Wildman–Crippen LogP) is 7.47. The van der Waals surface area contributed by atoms with Crippen LogP contribution in [0.25, 0.3) is 0 Å². The second kappa shape index (κ2) is 30.9. The van der Waals surface area contributed by atoms with Gasteiger partial charge in [-0.25, -0.2) is 19.2 Å². The molecule has 4 aliphatic heterocycles. The number of anilines is 4. The van der Waals surface area contributed by atoms with E-state index in [1.54, 1.807) is 84.9 Å². The number of amides is 12. The van der Waals surface area contributed by atoms with Crippen LogP contribution in [0.15, 0.2) is 134 Å². The molecule has 4 aromatic rings. The molecule has 0 aromatic heterocycles. The number of benzene rings is 4. The van der Waals surface area contributed by atoms with E-state index < -0.39 is 71.6 Å². The molecular weight excluding hydrogens is 1120 g/mol. The summed E-state index contributed by atoms with van der Waals surface area (Å²) < 4.78 is 22.2. The van der Waals surface area contributed by atoms with Crippen molar-refractivity contribution in [3.63, 3.8) is 0 Å². The summed E-state index contributed by atoms with van der Waals surface area (Å²) in [7, 11) is 0. The average Bonchev–Trinajstić information content (AvgIpc) is 3.83. The summed E-state index contributed by atoms with van der Waals surface area (Å²) >= 11 is 0. The topological polar surface area (TPSA) is 303 Å². The molecular formula is C63H64N8O16. The van der Waals surface area contributed by atoms with Crippen molar-refractivity contribution in [1.82, 2.24) is 19.6 Å². The highest BCUT2D eigenvalue weighted by Crippen LogP contribution is 2.34. The summed E-state index contributed by atoms with van der Waals surface area (Å²) in [5.41, 5.74) is 5.07. The zero-order valence-electron chi connectivity index (χ0n) is 47.5. The second-order valence-electron chi connectivity index (χ2n) is 20.3. The van der Waals surface area contributed by atoms with Crippen LogP contribution in [0.2, 0.25) is 0 Å². The van der Waals surface area contributed by atoms with Gasteiger partial charge in [-0.1, -0.05) is 72.8 Å². The Labute approximate surface area is 500 Å². The number of hydrogen-bond donors (Lipinski definition) is 4. The Morgan fingerprint density at radius 2 is 0.517 bits per heavy atom. The molecule has 0 spiro atoms. The summed E-state index contributed by atoms with van der Waals surface area (Å²) in [5, 5.41) is 11.5. The Morgan fingerprint density at radius 3 is 0.793 bits per heavy atom. The van der Waals surface area contributed by atoms with E-state index in [0.29, 0.717) is 107 Å². The predicted molar refractivity (Wildman–Crippen MR) is 314 cm³/mol. The largest absolute Gasteiger partial charge is 0.449 e. The third kappa shape index (κ3) is 17.8. The third-order valence-electron chi connectivity index (χ3n) is 14.2. The molecule has 87 heavy (non-hydrogen) atoms. The number of nitrogens with zero attached hydrogens (tertiary/aromatic N) is 4. The molecule has 0 aliphatic carbocycles. The van der Waals surface area contributed by atoms with Crippen LogP contribution in [-0.4, -0.2) is 144 Å². The van der Waals surface area contributed by atoms with Gasteiger partial charge in [0.1, 0.15) is 0 Å². The molecule has 4 aromatic carbocycles. The molecule has 4 N–H and O–H groups in total. The molecule has 0 fully saturated rings. The molecule has 4 aliphatic rings. The van der Waals surface area contributed by atoms with Gasteiger partial charge >= 0.3 is 24.4 Å². The van der Waals surface area contributed by atoms with E-state index in [1.807, 2.05) is 0 Å². The van der Waals surface area contributed by atoms with Crippen LogP contribution in [0.1, 0.15) is 84.7 Å². The van der Waals surface area contributed by atoms with Crippen LogP contribution < -0.4 is 21.3 Å². The van der Waals surface area contributed by atoms with Gasteiger partial charge in [-0.3, -0.25) is 79.2 Å². The number of imide groups is 4. The molecule has 0 unspecified atom stereocenters. The van der Waals surface area contributed by atoms with Crippen molar-refractivity contribution in [2.75, 3.05) is 73.9 Å². The Kier molecular flexibility index (Phi) is 22.2. The summed E-state index contributed by atoms with van der Waals surface area (Å²) in [6, 6.07) is 24.7. The van der Waals surface area contributed by atoms with Crippen molar-refractivity contribution in [3.8, 4) is 0 Å². The van der Waals surface area contributed by atoms with Gasteiger partial charge in [-0.15, -0.1) is 0 Å². The quantitative estimate of drug-likeness (QED) is 0.0223. The zero-order valence-corrected chi connectivity index (χ0v) is 47.5. The van der Waals surface area contributed by atoms with E-state index in [9.17, 15) is 57.5 Å². The van der Waals surface area contributed by atoms with Crippen molar-refractivity contribution < 1.29 is 76.5 Å². The molecule has 0 saturated heterocycles. The molecule has 0 saturated carbocycles. The highest BCUT2D eigenvalue weighted by Gasteiger charge is 2.27. The molecule has 24 heteroatoms. The molecule has 4 heterocycles. The molecule has 0 radical (unpaired) electrons. The van der Waals surface area contributed by atoms with E-state index in [1.165, 1.54) is 48.6 Å². The van der Waals surface area contributed by atoms with Crippen molar-refractivity contribution in [2.45, 2.75) is 70.6 Å². The maximum atomic E-state index is 13.8. The maximum absolute atomic E-state index is 13.8. The van der Waals surface area contributed by atoms with Gasteiger partial charge < -0.3 is 18.9 Å². The minimum atomic E-state index is -0.816. The number of ether oxygens (including phenoxy) is 4. The normalized spacial score (nSPS) is 14.3. The fourth-order valence-electron chi connectivity index (χ4n) is 9.75. The van der Waals surface area contributed by atoms with Crippen molar-refractivity contribution >= 4 is 94.4 Å². The smallest absolute Gasteiger partial charge is 0.411 e. The standard InChI is InChI=1S/C63H64N8O16/c72-50-23-24-51(73)68(50)31-5-9-35-84-60(80)64-48-21-3-1-15-42(48)39-44-17-13-19-46(58(44)66-62(82)86-37-11-7-33-70-54(76)27-28-55(70)77)41-47-20-14-18-45(59(47)67-63(83)87-38-12-8-34-71-56(78)29-30-57(71)79)40-43-16-2-4-22-49(43)65-61(81)85-36-10-6-32-69-52(74)25-26-53(69)75/h1-4,13-30H,5-12,31-41H2,(H,64,80)(H,65,81)(H,66,82)(H,67,83). The van der Waals surface area contributed by atoms with E-state index >= 15 is 0 Å². The van der Waals surface area contributed by atoms with Gasteiger partial charge in [0.05, 0.1) is 37.8 Å². The Morgan fingerprint density at radius 1 is 0.287 bits per heavy atom. The number of carbonyl (C=O) groups excluding carboxylic acids is 12. The highest BCUT2D eigenvalue weighted by molar-refractivity contribution is 6.14. The van der Waals surface area contributed by atoms with Crippen LogP contribution >= 0.6 is 0 Å². The first kappa shape index (κ1) is 62.5. The van der Waals surface area contributed by atoms with Gasteiger partial charge in [0.25, 0.3) is 47.3 Å². The summed E-state index contributed by atoms with van der Waals surface area (Å²) in [6.07, 6.45) is 9.81. The molecule has 452 valence electrons. The Hall–Kier alpha value is -10.5. The van der Waals surface area contributed by atoms with Crippen LogP contribution in [0.3, 0.4) is 0 Å². The SMILES string of the molecule is O=C(Nc1ccccc1Cc1cccc(Cc2cccc(Cc3ccccc3NC(=O)OCCCCN3C(=O)C=CC3=O)c2NC(=O)OCCCCN2C(=O)C=CC2=O)c1NC(=O)OCCCCN1C(=O)C=CC1=O)OCCCCN1C(=O)C=CC1=O. The van der Waals surface area contributed by atoms with Gasteiger partial charge in [-0.05, 0) is 96.9 Å². The number of nitrogens with one attached hydrogen (secondary N) is 4. The number of para-hydroxylation sites is 4. The summed E-state index contributed by atoms with van der Waals surface area (Å²) in [5.74, 6) is -3.27. The van der Waals surface area contributed by atoms with Crippen LogP contribution in [0.5, 0.6) is 0 Å². The fraction of sp³-hybridized carbons (Fsp3) is 0.302. The first-order valence-electron chi connectivity index (χ1n) is 28.4. The minimum Gasteiger partial charge on any atom is -0.449 e. The van der Waals surface area contributed by atoms with Crippen molar-refractivity contribution in [1.29, 1.82) is 0 Å². The van der Waals surface area contributed by atoms with E-state index in [0.717, 1.165) is 19.6 Å². The van der Waals surface area contributed by atoms with E-state index in [4.69, 9.17) is 18.9 Å². The third-order valence-corrected chi connectivity index (χ3v) is 14.2. The Balaban J connectivity index is 1.01. The molecule has 0 bridgehead atoms. The number of unbranched alkanes of at least 4 members (excludes halogenated alkanes) is 4. The van der Waals surface area contributed by atoms with Gasteiger partial charge in [0.15, 0.2) is 0 Å². The Bertz CT molecular complexity index is 3170. The minimum absolute atomic E-state index is 0.00872. The first-order chi connectivity index (χ1) is 42.1. The lowest BCUT2D eigenvalue weighted by atomic mass is 9.93. The molecule has 0 atom stereocenters. The first-order valence-corrected chi connectivity index (χ1v) is 28.4. The zero-order chi connectivity index (χ0) is 61.7. The van der Waals surface area contributed by atoms with Crippen LogP contribution in [0.4, 0.5) is 41.9 Å².